The fourth-order valence-electron chi connectivity index (χ4n) is 3.02. The number of nitrogens with one attached hydrogen (secondary N) is 1. The van der Waals surface area contributed by atoms with E-state index in [1.807, 2.05) is 28.7 Å². The van der Waals surface area contributed by atoms with Gasteiger partial charge < -0.3 is 11.1 Å². The SMILES string of the molecule is NC1CCNCC1(Cl)c1cccc2c(CC(F)(F)F)c(I)sc12. The minimum Gasteiger partial charge on any atom is -0.326 e. The van der Waals surface area contributed by atoms with Gasteiger partial charge in [-0.1, -0.05) is 18.2 Å². The van der Waals surface area contributed by atoms with Gasteiger partial charge in [0.15, 0.2) is 0 Å². The number of benzene rings is 1. The van der Waals surface area contributed by atoms with Crippen molar-refractivity contribution in [2.75, 3.05) is 13.1 Å². The van der Waals surface area contributed by atoms with Gasteiger partial charge in [-0.15, -0.1) is 22.9 Å². The highest BCUT2D eigenvalue weighted by Gasteiger charge is 2.40. The molecule has 1 aromatic carbocycles. The Morgan fingerprint density at radius 1 is 1.43 bits per heavy atom. The molecule has 3 N–H and O–H groups in total. The third kappa shape index (κ3) is 3.35. The lowest BCUT2D eigenvalue weighted by Gasteiger charge is -2.38. The number of alkyl halides is 4. The van der Waals surface area contributed by atoms with Crippen LogP contribution in [0.4, 0.5) is 13.2 Å². The van der Waals surface area contributed by atoms with Crippen molar-refractivity contribution < 1.29 is 13.2 Å². The van der Waals surface area contributed by atoms with Gasteiger partial charge in [0.05, 0.1) is 14.2 Å². The third-order valence-corrected chi connectivity index (χ3v) is 7.19. The molecule has 0 bridgehead atoms. The van der Waals surface area contributed by atoms with Gasteiger partial charge in [0.1, 0.15) is 0 Å². The van der Waals surface area contributed by atoms with Gasteiger partial charge in [-0.05, 0) is 52.1 Å². The number of hydrogen-bond donors (Lipinski definition) is 2. The summed E-state index contributed by atoms with van der Waals surface area (Å²) in [7, 11) is 0. The monoisotopic (exact) mass is 474 g/mol. The minimum atomic E-state index is -4.23. The van der Waals surface area contributed by atoms with E-state index in [1.54, 1.807) is 12.1 Å². The van der Waals surface area contributed by atoms with Crippen LogP contribution in [-0.2, 0) is 11.3 Å². The quantitative estimate of drug-likeness (QED) is 0.501. The number of piperidine rings is 1. The van der Waals surface area contributed by atoms with E-state index in [-0.39, 0.29) is 6.04 Å². The van der Waals surface area contributed by atoms with E-state index < -0.39 is 17.5 Å². The van der Waals surface area contributed by atoms with Crippen LogP contribution in [0.3, 0.4) is 0 Å². The summed E-state index contributed by atoms with van der Waals surface area (Å²) in [6.07, 6.45) is -4.42. The number of rotatable bonds is 2. The molecule has 0 spiro atoms. The Balaban J connectivity index is 2.15. The molecule has 8 heteroatoms. The molecule has 2 aromatic rings. The predicted molar refractivity (Wildman–Crippen MR) is 97.3 cm³/mol. The highest BCUT2D eigenvalue weighted by molar-refractivity contribution is 14.1. The zero-order chi connectivity index (χ0) is 16.8. The second kappa shape index (κ2) is 6.33. The Labute approximate surface area is 154 Å². The minimum absolute atomic E-state index is 0.234. The predicted octanol–water partition coefficient (Wildman–Crippen LogP) is 4.37. The normalized spacial score (nSPS) is 25.9. The van der Waals surface area contributed by atoms with E-state index in [0.717, 1.165) is 23.2 Å². The topological polar surface area (TPSA) is 38.0 Å². The smallest absolute Gasteiger partial charge is 0.326 e. The molecule has 0 radical (unpaired) electrons. The molecule has 3 rings (SSSR count). The third-order valence-electron chi connectivity index (χ3n) is 4.20. The zero-order valence-electron chi connectivity index (χ0n) is 12.0. The molecule has 23 heavy (non-hydrogen) atoms. The fraction of sp³-hybridized carbons (Fsp3) is 0.467. The van der Waals surface area contributed by atoms with E-state index in [9.17, 15) is 13.2 Å². The van der Waals surface area contributed by atoms with Crippen molar-refractivity contribution in [2.24, 2.45) is 5.73 Å². The molecular weight excluding hydrogens is 460 g/mol. The molecule has 2 nitrogen and oxygen atoms in total. The van der Waals surface area contributed by atoms with Crippen molar-refractivity contribution in [3.05, 3.63) is 32.2 Å². The molecule has 1 aliphatic rings. The van der Waals surface area contributed by atoms with Crippen LogP contribution in [0.1, 0.15) is 17.5 Å². The van der Waals surface area contributed by atoms with Gasteiger partial charge >= 0.3 is 6.18 Å². The molecule has 0 aliphatic carbocycles. The van der Waals surface area contributed by atoms with E-state index in [1.165, 1.54) is 11.3 Å². The van der Waals surface area contributed by atoms with Crippen LogP contribution < -0.4 is 11.1 Å². The van der Waals surface area contributed by atoms with Gasteiger partial charge in [0.2, 0.25) is 0 Å². The second-order valence-corrected chi connectivity index (χ2v) is 9.27. The molecule has 1 aliphatic heterocycles. The summed E-state index contributed by atoms with van der Waals surface area (Å²) < 4.78 is 40.1. The van der Waals surface area contributed by atoms with E-state index in [4.69, 9.17) is 17.3 Å². The fourth-order valence-corrected chi connectivity index (χ4v) is 5.72. The number of fused-ring (bicyclic) bond motifs is 1. The Hall–Kier alpha value is -0.0900. The number of thiophene rings is 1. The van der Waals surface area contributed by atoms with Crippen LogP contribution in [0.25, 0.3) is 10.1 Å². The van der Waals surface area contributed by atoms with Gasteiger partial charge in [-0.2, -0.15) is 13.2 Å². The average Bonchev–Trinajstić information content (AvgIpc) is 2.77. The van der Waals surface area contributed by atoms with Crippen molar-refractivity contribution in [2.45, 2.75) is 29.9 Å². The van der Waals surface area contributed by atoms with Crippen molar-refractivity contribution in [3.63, 3.8) is 0 Å². The van der Waals surface area contributed by atoms with Crippen molar-refractivity contribution in [1.82, 2.24) is 5.32 Å². The molecule has 2 unspecified atom stereocenters. The highest BCUT2D eigenvalue weighted by atomic mass is 127. The van der Waals surface area contributed by atoms with Gasteiger partial charge in [0.25, 0.3) is 0 Å². The Morgan fingerprint density at radius 2 is 2.17 bits per heavy atom. The van der Waals surface area contributed by atoms with Crippen LogP contribution in [0.5, 0.6) is 0 Å². The summed E-state index contributed by atoms with van der Waals surface area (Å²) >= 11 is 10.2. The lowest BCUT2D eigenvalue weighted by atomic mass is 9.85. The van der Waals surface area contributed by atoms with Crippen LogP contribution in [0.15, 0.2) is 18.2 Å². The van der Waals surface area contributed by atoms with Gasteiger partial charge in [-0.25, -0.2) is 0 Å². The number of halogens is 5. The molecule has 2 heterocycles. The molecule has 1 fully saturated rings. The van der Waals surface area contributed by atoms with Crippen LogP contribution in [0.2, 0.25) is 0 Å². The second-order valence-electron chi connectivity index (χ2n) is 5.76. The largest absolute Gasteiger partial charge is 0.393 e. The maximum absolute atomic E-state index is 12.9. The van der Waals surface area contributed by atoms with Gasteiger partial charge in [-0.3, -0.25) is 0 Å². The Bertz CT molecular complexity index is 733. The van der Waals surface area contributed by atoms with Crippen molar-refractivity contribution in [3.8, 4) is 0 Å². The first kappa shape index (κ1) is 17.7. The van der Waals surface area contributed by atoms with Gasteiger partial charge in [0, 0.05) is 17.3 Å². The standard InChI is InChI=1S/C15H15ClF3IN2S/c16-14(7-22-5-4-11(14)21)10-3-1-2-8-9(6-15(17,18)19)13(20)23-12(8)10/h1-3,11,22H,4-7,21H2. The Kier molecular flexibility index (Phi) is 4.88. The Morgan fingerprint density at radius 3 is 2.83 bits per heavy atom. The number of hydrogen-bond acceptors (Lipinski definition) is 3. The summed E-state index contributed by atoms with van der Waals surface area (Å²) in [6, 6.07) is 5.15. The first-order chi connectivity index (χ1) is 10.7. The van der Waals surface area contributed by atoms with Crippen molar-refractivity contribution in [1.29, 1.82) is 0 Å². The molecule has 0 amide bonds. The summed E-state index contributed by atoms with van der Waals surface area (Å²) in [5.41, 5.74) is 7.39. The zero-order valence-corrected chi connectivity index (χ0v) is 15.7. The van der Waals surface area contributed by atoms with Crippen LogP contribution in [0, 0.1) is 2.88 Å². The lowest BCUT2D eigenvalue weighted by Crippen LogP contribution is -2.53. The molecule has 0 saturated carbocycles. The molecule has 1 saturated heterocycles. The molecular formula is C15H15ClF3IN2S. The van der Waals surface area contributed by atoms with Crippen molar-refractivity contribution >= 4 is 55.6 Å². The maximum atomic E-state index is 12.9. The molecule has 126 valence electrons. The summed E-state index contributed by atoms with van der Waals surface area (Å²) in [6.45, 7) is 1.31. The summed E-state index contributed by atoms with van der Waals surface area (Å²) in [5.74, 6) is 0. The highest BCUT2D eigenvalue weighted by Crippen LogP contribution is 2.44. The summed E-state index contributed by atoms with van der Waals surface area (Å²) in [4.78, 5) is -0.790. The first-order valence-corrected chi connectivity index (χ1v) is 9.42. The number of nitrogens with two attached hydrogens (primary N) is 1. The van der Waals surface area contributed by atoms with E-state index in [2.05, 4.69) is 5.32 Å². The summed E-state index contributed by atoms with van der Waals surface area (Å²) in [5, 5.41) is 3.87. The maximum Gasteiger partial charge on any atom is 0.393 e. The van der Waals surface area contributed by atoms with Crippen LogP contribution >= 0.6 is 45.5 Å². The average molecular weight is 475 g/mol. The molecule has 2 atom stereocenters. The lowest BCUT2D eigenvalue weighted by molar-refractivity contribution is -0.127. The molecule has 1 aromatic heterocycles. The van der Waals surface area contributed by atoms with E-state index in [0.29, 0.717) is 20.4 Å². The van der Waals surface area contributed by atoms with Crippen LogP contribution in [-0.4, -0.2) is 25.3 Å². The first-order valence-electron chi connectivity index (χ1n) is 7.15. The van der Waals surface area contributed by atoms with E-state index >= 15 is 0 Å².